The van der Waals surface area contributed by atoms with Crippen LogP contribution in [0, 0.1) is 16.7 Å². The fraction of sp³-hybridized carbons (Fsp3) is 1.00. The molecule has 1 N–H and O–H groups in total. The van der Waals surface area contributed by atoms with E-state index in [1.165, 1.54) is 38.8 Å². The minimum absolute atomic E-state index is 0.525. The number of hydrogen-bond acceptors (Lipinski definition) is 1. The molecular formula is C12H23N. The minimum Gasteiger partial charge on any atom is -0.316 e. The summed E-state index contributed by atoms with van der Waals surface area (Å²) in [4.78, 5) is 0. The lowest BCUT2D eigenvalue weighted by atomic mass is 9.50. The molecule has 2 rings (SSSR count). The van der Waals surface area contributed by atoms with E-state index in [4.69, 9.17) is 0 Å². The van der Waals surface area contributed by atoms with E-state index >= 15 is 0 Å². The first-order chi connectivity index (χ1) is 6.05. The van der Waals surface area contributed by atoms with Gasteiger partial charge in [-0.3, -0.25) is 0 Å². The molecule has 2 fully saturated rings. The molecule has 2 atom stereocenters. The highest BCUT2D eigenvalue weighted by atomic mass is 14.9. The summed E-state index contributed by atoms with van der Waals surface area (Å²) in [7, 11) is 0. The van der Waals surface area contributed by atoms with Crippen molar-refractivity contribution in [1.82, 2.24) is 5.32 Å². The molecule has 1 heterocycles. The van der Waals surface area contributed by atoms with Crippen molar-refractivity contribution in [2.24, 2.45) is 16.7 Å². The van der Waals surface area contributed by atoms with Crippen molar-refractivity contribution in [1.29, 1.82) is 0 Å². The Morgan fingerprint density at radius 3 is 2.38 bits per heavy atom. The summed E-state index contributed by atoms with van der Waals surface area (Å²) < 4.78 is 0. The third-order valence-corrected chi connectivity index (χ3v) is 4.22. The Morgan fingerprint density at radius 2 is 2.00 bits per heavy atom. The summed E-state index contributed by atoms with van der Waals surface area (Å²) in [6.07, 6.45) is 5.81. The molecule has 1 unspecified atom stereocenters. The zero-order valence-corrected chi connectivity index (χ0v) is 9.32. The number of hydrogen-bond donors (Lipinski definition) is 1. The molecule has 0 aromatic heterocycles. The molecule has 13 heavy (non-hydrogen) atoms. The van der Waals surface area contributed by atoms with E-state index < -0.39 is 0 Å². The van der Waals surface area contributed by atoms with Crippen molar-refractivity contribution in [2.45, 2.75) is 46.5 Å². The lowest BCUT2D eigenvalue weighted by Gasteiger charge is -2.57. The van der Waals surface area contributed by atoms with Gasteiger partial charge in [-0.25, -0.2) is 0 Å². The maximum atomic E-state index is 3.58. The predicted molar refractivity (Wildman–Crippen MR) is 56.7 cm³/mol. The Balaban J connectivity index is 2.07. The van der Waals surface area contributed by atoms with E-state index in [9.17, 15) is 0 Å². The second-order valence-electron chi connectivity index (χ2n) is 6.10. The van der Waals surface area contributed by atoms with Crippen LogP contribution in [0.5, 0.6) is 0 Å². The zero-order valence-electron chi connectivity index (χ0n) is 9.32. The van der Waals surface area contributed by atoms with Gasteiger partial charge in [-0.2, -0.15) is 0 Å². The third-order valence-electron chi connectivity index (χ3n) is 4.22. The summed E-state index contributed by atoms with van der Waals surface area (Å²) in [5.74, 6) is 0.966. The number of piperidine rings is 1. The maximum absolute atomic E-state index is 3.58. The van der Waals surface area contributed by atoms with Crippen molar-refractivity contribution < 1.29 is 0 Å². The standard InChI is InChI=1S/C12H23N/c1-11(2,3)10-5-7-12(10)6-4-8-13-9-12/h10,13H,4-9H2,1-3H3/t10?,12-/m0/s1. The van der Waals surface area contributed by atoms with E-state index in [2.05, 4.69) is 26.1 Å². The maximum Gasteiger partial charge on any atom is 0.00107 e. The summed E-state index contributed by atoms with van der Waals surface area (Å²) in [6, 6.07) is 0. The van der Waals surface area contributed by atoms with Crippen LogP contribution in [0.25, 0.3) is 0 Å². The van der Waals surface area contributed by atoms with Gasteiger partial charge in [0.15, 0.2) is 0 Å². The minimum atomic E-state index is 0.525. The van der Waals surface area contributed by atoms with Gasteiger partial charge in [-0.05, 0) is 49.0 Å². The molecule has 1 nitrogen and oxygen atoms in total. The van der Waals surface area contributed by atoms with Crippen LogP contribution in [0.4, 0.5) is 0 Å². The van der Waals surface area contributed by atoms with Gasteiger partial charge in [-0.15, -0.1) is 0 Å². The fourth-order valence-corrected chi connectivity index (χ4v) is 3.55. The normalized spacial score (nSPS) is 40.4. The van der Waals surface area contributed by atoms with Crippen LogP contribution in [-0.4, -0.2) is 13.1 Å². The Labute approximate surface area is 82.3 Å². The molecule has 0 radical (unpaired) electrons. The molecule has 1 spiro atoms. The molecule has 1 aliphatic carbocycles. The molecule has 1 aliphatic heterocycles. The second-order valence-corrected chi connectivity index (χ2v) is 6.10. The van der Waals surface area contributed by atoms with Crippen molar-refractivity contribution >= 4 is 0 Å². The molecular weight excluding hydrogens is 158 g/mol. The lowest BCUT2D eigenvalue weighted by Crippen LogP contribution is -2.55. The highest BCUT2D eigenvalue weighted by Crippen LogP contribution is 2.57. The molecule has 0 aromatic rings. The van der Waals surface area contributed by atoms with Crippen LogP contribution in [0.15, 0.2) is 0 Å². The summed E-state index contributed by atoms with van der Waals surface area (Å²) >= 11 is 0. The van der Waals surface area contributed by atoms with Gasteiger partial charge in [0, 0.05) is 6.54 Å². The van der Waals surface area contributed by atoms with Gasteiger partial charge in [0.1, 0.15) is 0 Å². The van der Waals surface area contributed by atoms with Crippen LogP contribution < -0.4 is 5.32 Å². The molecule has 1 saturated carbocycles. The molecule has 0 amide bonds. The average Bonchev–Trinajstić information content (AvgIpc) is 2.01. The van der Waals surface area contributed by atoms with Crippen molar-refractivity contribution in [3.05, 3.63) is 0 Å². The van der Waals surface area contributed by atoms with Crippen LogP contribution in [0.3, 0.4) is 0 Å². The van der Waals surface area contributed by atoms with E-state index in [1.54, 1.807) is 0 Å². The van der Waals surface area contributed by atoms with Crippen LogP contribution in [0.1, 0.15) is 46.5 Å². The summed E-state index contributed by atoms with van der Waals surface area (Å²) in [6.45, 7) is 9.76. The van der Waals surface area contributed by atoms with Crippen molar-refractivity contribution in [3.63, 3.8) is 0 Å². The van der Waals surface area contributed by atoms with Crippen molar-refractivity contribution in [3.8, 4) is 0 Å². The topological polar surface area (TPSA) is 12.0 Å². The Morgan fingerprint density at radius 1 is 1.23 bits per heavy atom. The Kier molecular flexibility index (Phi) is 2.18. The zero-order chi connectivity index (χ0) is 9.53. The predicted octanol–water partition coefficient (Wildman–Crippen LogP) is 2.81. The Bertz CT molecular complexity index is 184. The lowest BCUT2D eigenvalue weighted by molar-refractivity contribution is -0.0621. The van der Waals surface area contributed by atoms with Crippen molar-refractivity contribution in [2.75, 3.05) is 13.1 Å². The second kappa shape index (κ2) is 2.98. The van der Waals surface area contributed by atoms with Gasteiger partial charge >= 0.3 is 0 Å². The van der Waals surface area contributed by atoms with Crippen LogP contribution >= 0.6 is 0 Å². The van der Waals surface area contributed by atoms with E-state index in [0.29, 0.717) is 10.8 Å². The average molecular weight is 181 g/mol. The molecule has 76 valence electrons. The molecule has 1 saturated heterocycles. The first-order valence-corrected chi connectivity index (χ1v) is 5.75. The SMILES string of the molecule is CC(C)(C)C1CC[C@]12CCCNC2. The molecule has 1 heteroatoms. The van der Waals surface area contributed by atoms with Gasteiger partial charge in [0.05, 0.1) is 0 Å². The monoisotopic (exact) mass is 181 g/mol. The highest BCUT2D eigenvalue weighted by molar-refractivity contribution is 5.02. The van der Waals surface area contributed by atoms with E-state index in [0.717, 1.165) is 5.92 Å². The molecule has 0 aromatic carbocycles. The Hall–Kier alpha value is -0.0400. The molecule has 2 aliphatic rings. The van der Waals surface area contributed by atoms with E-state index in [1.807, 2.05) is 0 Å². The highest BCUT2D eigenvalue weighted by Gasteiger charge is 2.51. The summed E-state index contributed by atoms with van der Waals surface area (Å²) in [5, 5.41) is 3.58. The quantitative estimate of drug-likeness (QED) is 0.606. The fourth-order valence-electron chi connectivity index (χ4n) is 3.55. The van der Waals surface area contributed by atoms with Crippen LogP contribution in [0.2, 0.25) is 0 Å². The first kappa shape index (κ1) is 9.51. The smallest absolute Gasteiger partial charge is 0.00107 e. The van der Waals surface area contributed by atoms with Crippen LogP contribution in [-0.2, 0) is 0 Å². The van der Waals surface area contributed by atoms with Gasteiger partial charge in [-0.1, -0.05) is 20.8 Å². The third kappa shape index (κ3) is 1.52. The largest absolute Gasteiger partial charge is 0.316 e. The number of nitrogens with one attached hydrogen (secondary N) is 1. The summed E-state index contributed by atoms with van der Waals surface area (Å²) in [5.41, 5.74) is 1.22. The van der Waals surface area contributed by atoms with Gasteiger partial charge in [0.2, 0.25) is 0 Å². The van der Waals surface area contributed by atoms with E-state index in [-0.39, 0.29) is 0 Å². The number of rotatable bonds is 0. The van der Waals surface area contributed by atoms with Gasteiger partial charge in [0.25, 0.3) is 0 Å². The molecule has 0 bridgehead atoms. The first-order valence-electron chi connectivity index (χ1n) is 5.75. The van der Waals surface area contributed by atoms with Gasteiger partial charge < -0.3 is 5.32 Å².